The maximum Gasteiger partial charge on any atom is 0.329 e. The molecular formula is C67H94N12O16. The van der Waals surface area contributed by atoms with Crippen molar-refractivity contribution in [1.82, 2.24) is 55.7 Å². The van der Waals surface area contributed by atoms with Crippen molar-refractivity contribution in [3.05, 3.63) is 40.3 Å². The highest BCUT2D eigenvalue weighted by molar-refractivity contribution is 6.15. The lowest BCUT2D eigenvalue weighted by molar-refractivity contribution is -0.163. The first-order valence-electron chi connectivity index (χ1n) is 32.9. The molecule has 6 heterocycles. The highest BCUT2D eigenvalue weighted by atomic mass is 16.6. The van der Waals surface area contributed by atoms with E-state index in [2.05, 4.69) is 26.6 Å². The number of nitrogens with zero attached hydrogens (tertiary/aromatic N) is 7. The SMILES string of the molecule is Cc1ccc(C(=O)NC2C(=O)NC(C(C)C)C(=O)N3CCCC3C(=O)N(C)CC(=O)N(C)C(C(C)C)C(=O)OC2C)c2c1Oc1c(c(C(=O)NC3C(=O)NC(C(C)C)C(=O)N4CCCC4C(=O)N(C)CC(=O)N(C)C(C(C)C)C(=O)OC3C)c3nc(CC(C)C)oc3c1C)N2. The number of benzene rings is 2. The third kappa shape index (κ3) is 14.7. The molecule has 0 aliphatic carbocycles. The quantitative estimate of drug-likeness (QED) is 0.141. The number of aryl methyl sites for hydroxylation is 2. The summed E-state index contributed by atoms with van der Waals surface area (Å²) < 4.78 is 25.3. The summed E-state index contributed by atoms with van der Waals surface area (Å²) in [4.78, 5) is 188. The number of likely N-dealkylation sites (N-methyl/N-ethyl adjacent to an activating group) is 4. The Hall–Kier alpha value is -8.85. The van der Waals surface area contributed by atoms with E-state index in [4.69, 9.17) is 23.6 Å². The third-order valence-electron chi connectivity index (χ3n) is 18.6. The second-order valence-electron chi connectivity index (χ2n) is 27.8. The minimum Gasteiger partial charge on any atom is -0.458 e. The first kappa shape index (κ1) is 72.0. The summed E-state index contributed by atoms with van der Waals surface area (Å²) in [5.41, 5.74) is 0.449. The number of fused-ring (bicyclic) bond motifs is 5. The van der Waals surface area contributed by atoms with Gasteiger partial charge in [-0.3, -0.25) is 47.9 Å². The Bertz CT molecular complexity index is 3560. The van der Waals surface area contributed by atoms with Gasteiger partial charge < -0.3 is 74.6 Å². The molecule has 10 amide bonds. The van der Waals surface area contributed by atoms with E-state index < -0.39 is 168 Å². The van der Waals surface area contributed by atoms with Gasteiger partial charge >= 0.3 is 11.9 Å². The van der Waals surface area contributed by atoms with Crippen molar-refractivity contribution in [2.24, 2.45) is 29.6 Å². The highest BCUT2D eigenvalue weighted by Crippen LogP contribution is 2.51. The van der Waals surface area contributed by atoms with E-state index >= 15 is 19.2 Å². The molecule has 5 aliphatic rings. The maximum atomic E-state index is 15.8. The van der Waals surface area contributed by atoms with E-state index in [0.717, 1.165) is 0 Å². The van der Waals surface area contributed by atoms with Crippen LogP contribution in [0.25, 0.3) is 11.1 Å². The fraction of sp³-hybridized carbons (Fsp3) is 0.627. The minimum absolute atomic E-state index is 0.00663. The number of esters is 2. The van der Waals surface area contributed by atoms with Crippen molar-refractivity contribution in [2.75, 3.05) is 59.7 Å². The van der Waals surface area contributed by atoms with Gasteiger partial charge in [0.2, 0.25) is 47.3 Å². The molecule has 10 unspecified atom stereocenters. The van der Waals surface area contributed by atoms with Crippen LogP contribution < -0.4 is 31.3 Å². The molecule has 8 rings (SSSR count). The van der Waals surface area contributed by atoms with Crippen LogP contribution in [0.15, 0.2) is 16.5 Å². The van der Waals surface area contributed by atoms with Crippen molar-refractivity contribution in [3.63, 3.8) is 0 Å². The summed E-state index contributed by atoms with van der Waals surface area (Å²) in [7, 11) is 5.69. The van der Waals surface area contributed by atoms with Gasteiger partial charge in [-0.15, -0.1) is 0 Å². The maximum absolute atomic E-state index is 15.8. The topological polar surface area (TPSA) is 338 Å². The van der Waals surface area contributed by atoms with Crippen LogP contribution in [0.5, 0.6) is 11.5 Å². The molecule has 4 saturated heterocycles. The highest BCUT2D eigenvalue weighted by Gasteiger charge is 2.47. The minimum atomic E-state index is -1.79. The fourth-order valence-electron chi connectivity index (χ4n) is 13.2. The Kier molecular flexibility index (Phi) is 22.0. The molecule has 5 aliphatic heterocycles. The molecule has 28 heteroatoms. The largest absolute Gasteiger partial charge is 0.458 e. The Balaban J connectivity index is 1.22. The molecule has 0 bridgehead atoms. The second kappa shape index (κ2) is 29.0. The van der Waals surface area contributed by atoms with E-state index in [1.807, 2.05) is 13.8 Å². The van der Waals surface area contributed by atoms with Crippen molar-refractivity contribution in [2.45, 2.75) is 190 Å². The third-order valence-corrected chi connectivity index (χ3v) is 18.6. The number of anilines is 2. The summed E-state index contributed by atoms with van der Waals surface area (Å²) in [5, 5.41) is 14.5. The molecule has 2 aromatic carbocycles. The summed E-state index contributed by atoms with van der Waals surface area (Å²) in [6.07, 6.45) is -1.16. The molecule has 0 saturated carbocycles. The molecule has 10 atom stereocenters. The Morgan fingerprint density at radius 2 is 1.05 bits per heavy atom. The lowest BCUT2D eigenvalue weighted by atomic mass is 9.98. The van der Waals surface area contributed by atoms with Gasteiger partial charge in [-0.2, -0.15) is 0 Å². The van der Waals surface area contributed by atoms with E-state index in [9.17, 15) is 38.4 Å². The van der Waals surface area contributed by atoms with Crippen LogP contribution in [0.4, 0.5) is 11.4 Å². The lowest BCUT2D eigenvalue weighted by Crippen LogP contribution is -2.61. The Morgan fingerprint density at radius 3 is 1.48 bits per heavy atom. The van der Waals surface area contributed by atoms with Gasteiger partial charge in [0.15, 0.2) is 23.0 Å². The van der Waals surface area contributed by atoms with Crippen molar-refractivity contribution >= 4 is 93.5 Å². The van der Waals surface area contributed by atoms with Crippen LogP contribution >= 0.6 is 0 Å². The first-order chi connectivity index (χ1) is 44.6. The first-order valence-corrected chi connectivity index (χ1v) is 32.9. The number of aromatic nitrogens is 1. The van der Waals surface area contributed by atoms with Crippen LogP contribution in [0.3, 0.4) is 0 Å². The number of amides is 10. The number of carbonyl (C=O) groups is 12. The van der Waals surface area contributed by atoms with Gasteiger partial charge in [-0.05, 0) is 94.6 Å². The van der Waals surface area contributed by atoms with Crippen LogP contribution in [-0.2, 0) is 63.8 Å². The number of rotatable bonds is 10. The Labute approximate surface area is 553 Å². The molecule has 5 N–H and O–H groups in total. The average Bonchev–Trinajstić information content (AvgIpc) is 1.67. The van der Waals surface area contributed by atoms with E-state index in [0.29, 0.717) is 43.2 Å². The molecule has 95 heavy (non-hydrogen) atoms. The zero-order valence-corrected chi connectivity index (χ0v) is 57.8. The van der Waals surface area contributed by atoms with Gasteiger partial charge in [0.25, 0.3) is 11.8 Å². The van der Waals surface area contributed by atoms with Gasteiger partial charge in [0.1, 0.15) is 66.1 Å². The smallest absolute Gasteiger partial charge is 0.329 e. The summed E-state index contributed by atoms with van der Waals surface area (Å²) in [6.45, 7) is 23.2. The molecule has 3 aromatic rings. The summed E-state index contributed by atoms with van der Waals surface area (Å²) in [5.74, 6) is -10.9. The molecule has 518 valence electrons. The number of hydrogen-bond donors (Lipinski definition) is 5. The molecular weight excluding hydrogens is 1230 g/mol. The van der Waals surface area contributed by atoms with Gasteiger partial charge in [-0.1, -0.05) is 75.3 Å². The van der Waals surface area contributed by atoms with Crippen LogP contribution in [0, 0.1) is 43.4 Å². The monoisotopic (exact) mass is 1320 g/mol. The van der Waals surface area contributed by atoms with E-state index in [1.54, 1.807) is 75.3 Å². The average molecular weight is 1320 g/mol. The molecule has 4 fully saturated rings. The predicted octanol–water partition coefficient (Wildman–Crippen LogP) is 3.73. The van der Waals surface area contributed by atoms with E-state index in [1.165, 1.54) is 77.5 Å². The molecule has 1 aromatic heterocycles. The standard InChI is InChI=1S/C67H94N12O16/c1-30(2)27-42-68-51-45(59(83)73-49-38(14)93-67(91)54(34(9)10)77(18)44(81)29-75(16)63(87)41-22-20-26-79(41)65(89)47(32(5)6)71-61(49)85)52-57(36(12)56(51)94-42)95-55-35(11)23-24-39(50(55)69-52)58(82)72-48-37(13)92-66(90)53(33(7)8)76(17)43(80)28-74(15)62(86)40-21-19-25-78(40)64(88)46(31(3)4)70-60(48)84/h23-24,30-34,37-38,40-41,46-49,53-54,69H,19-22,25-29H2,1-18H3,(H,70,84)(H,71,85)(H,72,82)(H,73,83). The number of oxazole rings is 1. The van der Waals surface area contributed by atoms with Crippen LogP contribution in [0.2, 0.25) is 0 Å². The molecule has 0 radical (unpaired) electrons. The number of ether oxygens (including phenoxy) is 3. The number of carbonyl (C=O) groups excluding carboxylic acids is 12. The van der Waals surface area contributed by atoms with Crippen LogP contribution in [-0.4, -0.2) is 220 Å². The summed E-state index contributed by atoms with van der Waals surface area (Å²) in [6, 6.07) is -7.41. The van der Waals surface area contributed by atoms with Crippen molar-refractivity contribution in [3.8, 4) is 11.5 Å². The van der Waals surface area contributed by atoms with Crippen LogP contribution in [0.1, 0.15) is 147 Å². The fourth-order valence-corrected chi connectivity index (χ4v) is 13.2. The van der Waals surface area contributed by atoms with Gasteiger partial charge in [0, 0.05) is 53.3 Å². The normalized spacial score (nSPS) is 25.8. The van der Waals surface area contributed by atoms with Gasteiger partial charge in [-0.25, -0.2) is 14.6 Å². The number of hydrogen-bond acceptors (Lipinski definition) is 18. The Morgan fingerprint density at radius 1 is 0.600 bits per heavy atom. The molecule has 28 nitrogen and oxygen atoms in total. The lowest BCUT2D eigenvalue weighted by Gasteiger charge is -2.36. The number of nitrogens with one attached hydrogen (secondary N) is 5. The number of cyclic esters (lactones) is 2. The zero-order chi connectivity index (χ0) is 70.3. The van der Waals surface area contributed by atoms with E-state index in [-0.39, 0.29) is 70.0 Å². The molecule has 0 spiro atoms. The summed E-state index contributed by atoms with van der Waals surface area (Å²) >= 11 is 0. The van der Waals surface area contributed by atoms with Gasteiger partial charge in [0.05, 0.1) is 35.6 Å². The zero-order valence-electron chi connectivity index (χ0n) is 57.8. The second-order valence-corrected chi connectivity index (χ2v) is 27.8. The predicted molar refractivity (Wildman–Crippen MR) is 347 cm³/mol. The van der Waals surface area contributed by atoms with Crippen molar-refractivity contribution < 1.29 is 76.2 Å². The van der Waals surface area contributed by atoms with Crippen molar-refractivity contribution in [1.29, 1.82) is 0 Å².